The van der Waals surface area contributed by atoms with Gasteiger partial charge in [0, 0.05) is 43.4 Å². The minimum absolute atomic E-state index is 0.101. The van der Waals surface area contributed by atoms with Crippen LogP contribution in [0.5, 0.6) is 0 Å². The molecule has 1 N–H and O–H groups in total. The second-order valence-electron chi connectivity index (χ2n) is 7.15. The van der Waals surface area contributed by atoms with E-state index in [1.807, 2.05) is 6.08 Å². The normalized spacial score (nSPS) is 24.4. The molecular weight excluding hydrogens is 316 g/mol. The zero-order chi connectivity index (χ0) is 17.7. The lowest BCUT2D eigenvalue weighted by molar-refractivity contribution is 0.108. The average molecular weight is 346 g/mol. The maximum absolute atomic E-state index is 9.97. The lowest BCUT2D eigenvalue weighted by Gasteiger charge is -2.42. The second-order valence-corrected chi connectivity index (χ2v) is 7.15. The van der Waals surface area contributed by atoms with E-state index in [2.05, 4.69) is 29.4 Å². The van der Waals surface area contributed by atoms with Crippen LogP contribution >= 0.6 is 0 Å². The highest BCUT2D eigenvalue weighted by molar-refractivity contribution is 5.47. The lowest BCUT2D eigenvalue weighted by Crippen LogP contribution is -2.46. The number of rotatable bonds is 6. The molecule has 0 bridgehead atoms. The molecule has 25 heavy (non-hydrogen) atoms. The topological polar surface area (TPSA) is 61.7 Å². The first kappa shape index (κ1) is 18.1. The minimum atomic E-state index is -0.101. The number of morpholine rings is 1. The number of aryl methyl sites for hydroxylation is 1. The van der Waals surface area contributed by atoms with Crippen molar-refractivity contribution in [3.63, 3.8) is 0 Å². The molecule has 138 valence electrons. The Hall–Kier alpha value is -1.66. The molecule has 6 heteroatoms. The van der Waals surface area contributed by atoms with Crippen molar-refractivity contribution in [3.05, 3.63) is 24.4 Å². The fraction of sp³-hybridized carbons (Fsp3) is 0.684. The fourth-order valence-corrected chi connectivity index (χ4v) is 3.79. The van der Waals surface area contributed by atoms with Crippen molar-refractivity contribution in [1.29, 1.82) is 0 Å². The van der Waals surface area contributed by atoms with E-state index in [9.17, 15) is 5.11 Å². The van der Waals surface area contributed by atoms with Gasteiger partial charge in [-0.1, -0.05) is 13.0 Å². The maximum atomic E-state index is 9.97. The van der Waals surface area contributed by atoms with Gasteiger partial charge in [0.05, 0.1) is 19.8 Å². The van der Waals surface area contributed by atoms with Gasteiger partial charge in [0.25, 0.3) is 0 Å². The number of aliphatic hydroxyl groups is 1. The number of allylic oxidation sites excluding steroid dienone is 1. The van der Waals surface area contributed by atoms with Gasteiger partial charge in [-0.25, -0.2) is 4.98 Å². The van der Waals surface area contributed by atoms with Gasteiger partial charge in [0.15, 0.2) is 0 Å². The molecule has 1 aromatic heterocycles. The van der Waals surface area contributed by atoms with Crippen LogP contribution in [-0.4, -0.2) is 61.1 Å². The SMILES string of the molecule is C=CCC1(CO)CCCN(c2cc(CC)nc(N3CCOCC3)n2)C1. The van der Waals surface area contributed by atoms with Gasteiger partial charge in [0.2, 0.25) is 5.95 Å². The molecule has 0 aliphatic carbocycles. The van der Waals surface area contributed by atoms with Crippen molar-refractivity contribution in [1.82, 2.24) is 9.97 Å². The third kappa shape index (κ3) is 4.12. The molecule has 0 amide bonds. The summed E-state index contributed by atoms with van der Waals surface area (Å²) in [6, 6.07) is 2.10. The zero-order valence-corrected chi connectivity index (χ0v) is 15.3. The summed E-state index contributed by atoms with van der Waals surface area (Å²) < 4.78 is 5.45. The van der Waals surface area contributed by atoms with E-state index in [4.69, 9.17) is 14.7 Å². The first-order valence-electron chi connectivity index (χ1n) is 9.37. The summed E-state index contributed by atoms with van der Waals surface area (Å²) in [5.74, 6) is 1.79. The van der Waals surface area contributed by atoms with Crippen molar-refractivity contribution in [2.24, 2.45) is 5.41 Å². The van der Waals surface area contributed by atoms with Gasteiger partial charge in [-0.05, 0) is 25.7 Å². The van der Waals surface area contributed by atoms with Crippen LogP contribution in [0.1, 0.15) is 31.9 Å². The van der Waals surface area contributed by atoms with Crippen LogP contribution in [0.3, 0.4) is 0 Å². The Morgan fingerprint density at radius 2 is 2.08 bits per heavy atom. The van der Waals surface area contributed by atoms with Crippen molar-refractivity contribution in [2.45, 2.75) is 32.6 Å². The van der Waals surface area contributed by atoms with Crippen LogP contribution in [0.4, 0.5) is 11.8 Å². The van der Waals surface area contributed by atoms with E-state index >= 15 is 0 Å². The van der Waals surface area contributed by atoms with E-state index in [0.29, 0.717) is 0 Å². The monoisotopic (exact) mass is 346 g/mol. The average Bonchev–Trinajstić information content (AvgIpc) is 2.68. The van der Waals surface area contributed by atoms with Gasteiger partial charge in [-0.2, -0.15) is 4.98 Å². The number of aromatic nitrogens is 2. The Bertz CT molecular complexity index is 589. The number of anilines is 2. The third-order valence-corrected chi connectivity index (χ3v) is 5.31. The van der Waals surface area contributed by atoms with Crippen molar-refractivity contribution in [3.8, 4) is 0 Å². The third-order valence-electron chi connectivity index (χ3n) is 5.31. The Kier molecular flexibility index (Phi) is 5.91. The summed E-state index contributed by atoms with van der Waals surface area (Å²) >= 11 is 0. The minimum Gasteiger partial charge on any atom is -0.396 e. The number of piperidine rings is 1. The molecule has 0 radical (unpaired) electrons. The van der Waals surface area contributed by atoms with Crippen molar-refractivity contribution < 1.29 is 9.84 Å². The molecule has 0 spiro atoms. The molecule has 0 saturated carbocycles. The molecule has 1 aromatic rings. The van der Waals surface area contributed by atoms with E-state index < -0.39 is 0 Å². The van der Waals surface area contributed by atoms with Crippen LogP contribution in [-0.2, 0) is 11.2 Å². The summed E-state index contributed by atoms with van der Waals surface area (Å²) in [7, 11) is 0. The summed E-state index contributed by atoms with van der Waals surface area (Å²) in [4.78, 5) is 14.1. The zero-order valence-electron chi connectivity index (χ0n) is 15.3. The van der Waals surface area contributed by atoms with E-state index in [1.54, 1.807) is 0 Å². The van der Waals surface area contributed by atoms with Gasteiger partial charge < -0.3 is 19.6 Å². The quantitative estimate of drug-likeness (QED) is 0.796. The van der Waals surface area contributed by atoms with E-state index in [-0.39, 0.29) is 12.0 Å². The summed E-state index contributed by atoms with van der Waals surface area (Å²) in [6.07, 6.45) is 5.75. The Labute approximate surface area is 150 Å². The second kappa shape index (κ2) is 8.15. The largest absolute Gasteiger partial charge is 0.396 e. The first-order chi connectivity index (χ1) is 12.2. The van der Waals surface area contributed by atoms with Crippen molar-refractivity contribution >= 4 is 11.8 Å². The predicted octanol–water partition coefficient (Wildman–Crippen LogP) is 2.03. The molecule has 1 atom stereocenters. The van der Waals surface area contributed by atoms with E-state index in [1.165, 1.54) is 0 Å². The summed E-state index contributed by atoms with van der Waals surface area (Å²) in [5.41, 5.74) is 0.964. The molecule has 1 unspecified atom stereocenters. The van der Waals surface area contributed by atoms with Gasteiger partial charge in [-0.3, -0.25) is 0 Å². The summed E-state index contributed by atoms with van der Waals surface area (Å²) in [6.45, 7) is 11.1. The smallest absolute Gasteiger partial charge is 0.227 e. The molecular formula is C19H30N4O2. The standard InChI is InChI=1S/C19H30N4O2/c1-3-6-19(15-24)7-5-8-23(14-19)17-13-16(4-2)20-18(21-17)22-9-11-25-12-10-22/h3,13,24H,1,4-12,14-15H2,2H3. The van der Waals surface area contributed by atoms with Crippen LogP contribution in [0, 0.1) is 5.41 Å². The first-order valence-corrected chi connectivity index (χ1v) is 9.37. The Morgan fingerprint density at radius 1 is 1.28 bits per heavy atom. The number of aliphatic hydroxyl groups excluding tert-OH is 1. The Morgan fingerprint density at radius 3 is 2.76 bits per heavy atom. The van der Waals surface area contributed by atoms with Crippen LogP contribution in [0.15, 0.2) is 18.7 Å². The highest BCUT2D eigenvalue weighted by atomic mass is 16.5. The summed E-state index contributed by atoms with van der Waals surface area (Å²) in [5, 5.41) is 9.97. The number of nitrogens with zero attached hydrogens (tertiary/aromatic N) is 4. The predicted molar refractivity (Wildman–Crippen MR) is 100 cm³/mol. The molecule has 3 heterocycles. The number of hydrogen-bond acceptors (Lipinski definition) is 6. The van der Waals surface area contributed by atoms with Crippen LogP contribution in [0.25, 0.3) is 0 Å². The number of ether oxygens (including phenoxy) is 1. The molecule has 6 nitrogen and oxygen atoms in total. The van der Waals surface area contributed by atoms with Gasteiger partial charge in [-0.15, -0.1) is 6.58 Å². The highest BCUT2D eigenvalue weighted by Gasteiger charge is 2.34. The van der Waals surface area contributed by atoms with Crippen LogP contribution < -0.4 is 9.80 Å². The van der Waals surface area contributed by atoms with E-state index in [0.717, 1.165) is 82.5 Å². The fourth-order valence-electron chi connectivity index (χ4n) is 3.79. The molecule has 2 fully saturated rings. The van der Waals surface area contributed by atoms with Crippen molar-refractivity contribution in [2.75, 3.05) is 55.8 Å². The number of hydrogen-bond donors (Lipinski definition) is 1. The van der Waals surface area contributed by atoms with Gasteiger partial charge >= 0.3 is 0 Å². The molecule has 2 saturated heterocycles. The molecule has 3 rings (SSSR count). The molecule has 2 aliphatic rings. The van der Waals surface area contributed by atoms with Crippen LogP contribution in [0.2, 0.25) is 0 Å². The molecule has 0 aromatic carbocycles. The maximum Gasteiger partial charge on any atom is 0.227 e. The molecule has 2 aliphatic heterocycles. The lowest BCUT2D eigenvalue weighted by atomic mass is 9.78. The highest BCUT2D eigenvalue weighted by Crippen LogP contribution is 2.35. The Balaban J connectivity index is 1.86. The van der Waals surface area contributed by atoms with Gasteiger partial charge in [0.1, 0.15) is 5.82 Å².